The summed E-state index contributed by atoms with van der Waals surface area (Å²) in [5.41, 5.74) is 1.05. The Morgan fingerprint density at radius 1 is 1.37 bits per heavy atom. The van der Waals surface area contributed by atoms with Crippen LogP contribution in [0.4, 0.5) is 0 Å². The molecule has 102 valence electrons. The number of benzene rings is 1. The van der Waals surface area contributed by atoms with Gasteiger partial charge in [0.05, 0.1) is 0 Å². The van der Waals surface area contributed by atoms with Crippen molar-refractivity contribution in [3.63, 3.8) is 0 Å². The number of para-hydroxylation sites is 1. The molecule has 0 bridgehead atoms. The standard InChI is InChI=1S/C15H18BrNO2/c16-9-11-5-3-4-8-17(11)15(18)13-10-19-14-7-2-1-6-12(13)14/h1-2,6-7,11,13H,3-5,8-10H2. The lowest BCUT2D eigenvalue weighted by molar-refractivity contribution is -0.136. The summed E-state index contributed by atoms with van der Waals surface area (Å²) in [5.74, 6) is 0.984. The normalized spacial score (nSPS) is 25.8. The van der Waals surface area contributed by atoms with Gasteiger partial charge in [0, 0.05) is 23.5 Å². The largest absolute Gasteiger partial charge is 0.492 e. The number of rotatable bonds is 2. The molecule has 1 aromatic rings. The fraction of sp³-hybridized carbons (Fsp3) is 0.533. The van der Waals surface area contributed by atoms with Gasteiger partial charge in [-0.15, -0.1) is 0 Å². The second kappa shape index (κ2) is 5.53. The molecule has 0 spiro atoms. The van der Waals surface area contributed by atoms with Gasteiger partial charge in [0.1, 0.15) is 18.3 Å². The molecule has 1 fully saturated rings. The van der Waals surface area contributed by atoms with E-state index in [1.54, 1.807) is 0 Å². The first-order valence-corrected chi connectivity index (χ1v) is 8.01. The highest BCUT2D eigenvalue weighted by Gasteiger charge is 2.36. The summed E-state index contributed by atoms with van der Waals surface area (Å²) in [5, 5.41) is 0.869. The van der Waals surface area contributed by atoms with E-state index >= 15 is 0 Å². The van der Waals surface area contributed by atoms with Crippen LogP contribution in [-0.2, 0) is 4.79 Å². The molecular weight excluding hydrogens is 306 g/mol. The van der Waals surface area contributed by atoms with Crippen molar-refractivity contribution >= 4 is 21.8 Å². The zero-order valence-corrected chi connectivity index (χ0v) is 12.4. The number of hydrogen-bond donors (Lipinski definition) is 0. The second-order valence-corrected chi connectivity index (χ2v) is 5.88. The first-order chi connectivity index (χ1) is 9.31. The van der Waals surface area contributed by atoms with E-state index < -0.39 is 0 Å². The van der Waals surface area contributed by atoms with Crippen molar-refractivity contribution in [3.05, 3.63) is 29.8 Å². The lowest BCUT2D eigenvalue weighted by atomic mass is 9.96. The number of nitrogens with zero attached hydrogens (tertiary/aromatic N) is 1. The molecule has 4 heteroatoms. The maximum atomic E-state index is 12.8. The quantitative estimate of drug-likeness (QED) is 0.783. The predicted molar refractivity (Wildman–Crippen MR) is 77.8 cm³/mol. The van der Waals surface area contributed by atoms with Gasteiger partial charge in [0.2, 0.25) is 5.91 Å². The van der Waals surface area contributed by atoms with Gasteiger partial charge in [-0.05, 0) is 25.3 Å². The van der Waals surface area contributed by atoms with Crippen LogP contribution in [-0.4, -0.2) is 35.3 Å². The third-order valence-corrected chi connectivity index (χ3v) is 4.83. The minimum atomic E-state index is -0.115. The number of hydrogen-bond acceptors (Lipinski definition) is 2. The molecular formula is C15H18BrNO2. The van der Waals surface area contributed by atoms with E-state index in [2.05, 4.69) is 15.9 Å². The van der Waals surface area contributed by atoms with E-state index in [-0.39, 0.29) is 11.8 Å². The number of ether oxygens (including phenoxy) is 1. The number of halogens is 1. The number of alkyl halides is 1. The van der Waals surface area contributed by atoms with Crippen LogP contribution in [0.3, 0.4) is 0 Å². The van der Waals surface area contributed by atoms with Gasteiger partial charge in [-0.3, -0.25) is 4.79 Å². The third-order valence-electron chi connectivity index (χ3n) is 4.09. The first-order valence-electron chi connectivity index (χ1n) is 6.89. The Hall–Kier alpha value is -1.03. The summed E-state index contributed by atoms with van der Waals surface area (Å²) >= 11 is 3.53. The summed E-state index contributed by atoms with van der Waals surface area (Å²) in [7, 11) is 0. The van der Waals surface area contributed by atoms with Crippen LogP contribution in [0.5, 0.6) is 5.75 Å². The molecule has 0 radical (unpaired) electrons. The lowest BCUT2D eigenvalue weighted by Gasteiger charge is -2.36. The average Bonchev–Trinajstić information content (AvgIpc) is 2.90. The zero-order valence-electron chi connectivity index (χ0n) is 10.8. The van der Waals surface area contributed by atoms with E-state index in [1.165, 1.54) is 6.42 Å². The predicted octanol–water partition coefficient (Wildman–Crippen LogP) is 2.94. The van der Waals surface area contributed by atoms with Crippen molar-refractivity contribution in [2.75, 3.05) is 18.5 Å². The maximum Gasteiger partial charge on any atom is 0.234 e. The van der Waals surface area contributed by atoms with Gasteiger partial charge < -0.3 is 9.64 Å². The van der Waals surface area contributed by atoms with Gasteiger partial charge in [0.15, 0.2) is 0 Å². The summed E-state index contributed by atoms with van der Waals surface area (Å²) in [4.78, 5) is 14.8. The van der Waals surface area contributed by atoms with E-state index in [9.17, 15) is 4.79 Å². The SMILES string of the molecule is O=C(C1COc2ccccc21)N1CCCCC1CBr. The number of piperidine rings is 1. The molecule has 1 aromatic carbocycles. The highest BCUT2D eigenvalue weighted by Crippen LogP contribution is 2.35. The second-order valence-electron chi connectivity index (χ2n) is 5.24. The van der Waals surface area contributed by atoms with Gasteiger partial charge in [-0.2, -0.15) is 0 Å². The highest BCUT2D eigenvalue weighted by molar-refractivity contribution is 9.09. The van der Waals surface area contributed by atoms with Crippen molar-refractivity contribution in [3.8, 4) is 5.75 Å². The summed E-state index contributed by atoms with van der Waals surface area (Å²) in [6.45, 7) is 1.37. The number of carbonyl (C=O) groups excluding carboxylic acids is 1. The Bertz CT molecular complexity index is 477. The van der Waals surface area contributed by atoms with Gasteiger partial charge >= 0.3 is 0 Å². The Morgan fingerprint density at radius 3 is 3.05 bits per heavy atom. The number of fused-ring (bicyclic) bond motifs is 1. The topological polar surface area (TPSA) is 29.5 Å². The summed E-state index contributed by atoms with van der Waals surface area (Å²) in [6.07, 6.45) is 3.44. The molecule has 2 unspecified atom stereocenters. The Kier molecular flexibility index (Phi) is 3.78. The van der Waals surface area contributed by atoms with Crippen molar-refractivity contribution in [2.24, 2.45) is 0 Å². The van der Waals surface area contributed by atoms with Crippen LogP contribution in [0.1, 0.15) is 30.7 Å². The van der Waals surface area contributed by atoms with Crippen LogP contribution < -0.4 is 4.74 Å². The molecule has 0 aromatic heterocycles. The molecule has 0 aliphatic carbocycles. The highest BCUT2D eigenvalue weighted by atomic mass is 79.9. The molecule has 2 atom stereocenters. The van der Waals surface area contributed by atoms with Crippen LogP contribution in [0.2, 0.25) is 0 Å². The van der Waals surface area contributed by atoms with Crippen LogP contribution >= 0.6 is 15.9 Å². The van der Waals surface area contributed by atoms with Gasteiger partial charge in [-0.1, -0.05) is 34.1 Å². The van der Waals surface area contributed by atoms with Crippen molar-refractivity contribution in [1.82, 2.24) is 4.90 Å². The van der Waals surface area contributed by atoms with Gasteiger partial charge in [0.25, 0.3) is 0 Å². The van der Waals surface area contributed by atoms with Crippen LogP contribution in [0.15, 0.2) is 24.3 Å². The number of likely N-dealkylation sites (tertiary alicyclic amines) is 1. The third kappa shape index (κ3) is 2.38. The minimum Gasteiger partial charge on any atom is -0.492 e. The Labute approximate surface area is 122 Å². The first kappa shape index (κ1) is 13.0. The monoisotopic (exact) mass is 323 g/mol. The molecule has 1 saturated heterocycles. The molecule has 19 heavy (non-hydrogen) atoms. The lowest BCUT2D eigenvalue weighted by Crippen LogP contribution is -2.47. The van der Waals surface area contributed by atoms with Crippen molar-refractivity contribution in [2.45, 2.75) is 31.2 Å². The molecule has 0 saturated carbocycles. The molecule has 3 nitrogen and oxygen atoms in total. The van der Waals surface area contributed by atoms with Gasteiger partial charge in [-0.25, -0.2) is 0 Å². The molecule has 2 aliphatic heterocycles. The van der Waals surface area contributed by atoms with E-state index in [1.807, 2.05) is 29.2 Å². The number of amides is 1. The van der Waals surface area contributed by atoms with Crippen LogP contribution in [0, 0.1) is 0 Å². The maximum absolute atomic E-state index is 12.8. The van der Waals surface area contributed by atoms with Crippen LogP contribution in [0.25, 0.3) is 0 Å². The van der Waals surface area contributed by atoms with E-state index in [0.717, 1.165) is 36.0 Å². The van der Waals surface area contributed by atoms with Crippen molar-refractivity contribution in [1.29, 1.82) is 0 Å². The smallest absolute Gasteiger partial charge is 0.234 e. The fourth-order valence-corrected chi connectivity index (χ4v) is 3.69. The van der Waals surface area contributed by atoms with E-state index in [4.69, 9.17) is 4.74 Å². The molecule has 0 N–H and O–H groups in total. The Balaban J connectivity index is 1.81. The van der Waals surface area contributed by atoms with E-state index in [0.29, 0.717) is 12.6 Å². The minimum absolute atomic E-state index is 0.115. The fourth-order valence-electron chi connectivity index (χ4n) is 3.02. The number of carbonyl (C=O) groups is 1. The molecule has 2 heterocycles. The molecule has 2 aliphatic rings. The molecule has 1 amide bonds. The summed E-state index contributed by atoms with van der Waals surface area (Å²) in [6, 6.07) is 8.23. The van der Waals surface area contributed by atoms with Crippen molar-refractivity contribution < 1.29 is 9.53 Å². The summed E-state index contributed by atoms with van der Waals surface area (Å²) < 4.78 is 5.63. The zero-order chi connectivity index (χ0) is 13.2. The molecule has 3 rings (SSSR count). The average molecular weight is 324 g/mol. The Morgan fingerprint density at radius 2 is 2.21 bits per heavy atom.